The molecule has 0 radical (unpaired) electrons. The van der Waals surface area contributed by atoms with E-state index in [-0.39, 0.29) is 24.3 Å². The lowest BCUT2D eigenvalue weighted by atomic mass is 9.73. The molecule has 45 heavy (non-hydrogen) atoms. The molecule has 2 aromatic carbocycles. The molecule has 2 aromatic rings. The van der Waals surface area contributed by atoms with Crippen molar-refractivity contribution in [2.75, 3.05) is 13.2 Å². The minimum atomic E-state index is -1.16. The van der Waals surface area contributed by atoms with Crippen LogP contribution in [0, 0.1) is 11.8 Å². The lowest BCUT2D eigenvalue weighted by Gasteiger charge is -2.45. The highest BCUT2D eigenvalue weighted by Crippen LogP contribution is 2.45. The Morgan fingerprint density at radius 1 is 1.02 bits per heavy atom. The van der Waals surface area contributed by atoms with E-state index in [2.05, 4.69) is 22.8 Å². The van der Waals surface area contributed by atoms with E-state index in [9.17, 15) is 24.6 Å². The summed E-state index contributed by atoms with van der Waals surface area (Å²) >= 11 is 6.47. The standard InChI is InChI=1S/C36H48ClN3O5/c1-36(2,28-12-7-13-29(37)21-28)32(26-15-14-24-10-6-11-25(24)19-26)40(35(44)45)31(18-23-8-4-3-5-9-23)34(43)39-30(22-41)20-27-16-17-38-33(27)42/h7,12-15,19,21,23,27,30-32,41H,3-6,8-11,16-18,20,22H2,1-2H3,(H,38,42)(H,39,43)(H,44,45)/t27-,30-,31-,32?/m0/s1. The Balaban J connectivity index is 1.57. The quantitative estimate of drug-likeness (QED) is 0.222. The molecule has 1 aliphatic heterocycles. The first-order valence-corrected chi connectivity index (χ1v) is 17.0. The molecule has 2 aliphatic carbocycles. The zero-order chi connectivity index (χ0) is 32.1. The van der Waals surface area contributed by atoms with Gasteiger partial charge in [-0.2, -0.15) is 0 Å². The summed E-state index contributed by atoms with van der Waals surface area (Å²) < 4.78 is 0. The van der Waals surface area contributed by atoms with E-state index in [1.165, 1.54) is 16.0 Å². The Hall–Kier alpha value is -3.10. The van der Waals surface area contributed by atoms with E-state index in [1.807, 2.05) is 38.1 Å². The summed E-state index contributed by atoms with van der Waals surface area (Å²) in [6.07, 6.45) is 8.36. The number of hydrogen-bond donors (Lipinski definition) is 4. The molecular formula is C36H48ClN3O5. The third kappa shape index (κ3) is 7.66. The molecule has 1 saturated heterocycles. The van der Waals surface area contributed by atoms with Gasteiger partial charge in [-0.15, -0.1) is 0 Å². The smallest absolute Gasteiger partial charge is 0.408 e. The Bertz CT molecular complexity index is 1370. The molecule has 0 aromatic heterocycles. The van der Waals surface area contributed by atoms with Crippen molar-refractivity contribution in [1.82, 2.24) is 15.5 Å². The van der Waals surface area contributed by atoms with Crippen molar-refractivity contribution >= 4 is 29.5 Å². The van der Waals surface area contributed by atoms with E-state index >= 15 is 0 Å². The molecule has 0 spiro atoms. The number of aliphatic hydroxyl groups is 1. The van der Waals surface area contributed by atoms with Gasteiger partial charge in [0.2, 0.25) is 11.8 Å². The maximum absolute atomic E-state index is 14.4. The maximum atomic E-state index is 14.4. The molecule has 4 N–H and O–H groups in total. The first-order chi connectivity index (χ1) is 21.6. The SMILES string of the molecule is CC(C)(c1cccc(Cl)c1)C(c1ccc2c(c1)CCC2)N(C(=O)O)[C@@H](CC1CCCCC1)C(=O)N[C@H](CO)C[C@@H]1CCNC1=O. The number of carbonyl (C=O) groups excluding carboxylic acids is 2. The van der Waals surface area contributed by atoms with Crippen LogP contribution < -0.4 is 10.6 Å². The van der Waals surface area contributed by atoms with Crippen LogP contribution in [0.1, 0.15) is 99.9 Å². The van der Waals surface area contributed by atoms with Crippen LogP contribution in [0.25, 0.3) is 0 Å². The Morgan fingerprint density at radius 3 is 2.44 bits per heavy atom. The minimum absolute atomic E-state index is 0.0754. The van der Waals surface area contributed by atoms with Crippen molar-refractivity contribution in [2.24, 2.45) is 11.8 Å². The number of hydrogen-bond acceptors (Lipinski definition) is 4. The largest absolute Gasteiger partial charge is 0.465 e. The summed E-state index contributed by atoms with van der Waals surface area (Å²) in [7, 11) is 0. The average Bonchev–Trinajstić information content (AvgIpc) is 3.66. The molecule has 3 aliphatic rings. The van der Waals surface area contributed by atoms with E-state index < -0.39 is 35.5 Å². The second kappa shape index (κ2) is 14.5. The van der Waals surface area contributed by atoms with Gasteiger partial charge in [0.05, 0.1) is 18.7 Å². The first-order valence-electron chi connectivity index (χ1n) is 16.7. The van der Waals surface area contributed by atoms with Gasteiger partial charge in [0.25, 0.3) is 0 Å². The predicted octanol–water partition coefficient (Wildman–Crippen LogP) is 6.17. The normalized spacial score (nSPS) is 20.6. The van der Waals surface area contributed by atoms with Crippen LogP contribution in [0.3, 0.4) is 0 Å². The molecule has 1 saturated carbocycles. The van der Waals surface area contributed by atoms with Crippen molar-refractivity contribution < 1.29 is 24.6 Å². The van der Waals surface area contributed by atoms with Crippen molar-refractivity contribution in [1.29, 1.82) is 0 Å². The van der Waals surface area contributed by atoms with Crippen molar-refractivity contribution in [3.8, 4) is 0 Å². The van der Waals surface area contributed by atoms with Gasteiger partial charge in [0, 0.05) is 22.9 Å². The van der Waals surface area contributed by atoms with Crippen molar-refractivity contribution in [2.45, 2.75) is 108 Å². The number of aryl methyl sites for hydroxylation is 2. The summed E-state index contributed by atoms with van der Waals surface area (Å²) in [5.41, 5.74) is 3.49. The molecule has 5 rings (SSSR count). The number of nitrogens with zero attached hydrogens (tertiary/aromatic N) is 1. The summed E-state index contributed by atoms with van der Waals surface area (Å²) in [6.45, 7) is 4.29. The zero-order valence-corrected chi connectivity index (χ0v) is 27.3. The lowest BCUT2D eigenvalue weighted by Crippen LogP contribution is -2.57. The highest BCUT2D eigenvalue weighted by Gasteiger charge is 2.46. The summed E-state index contributed by atoms with van der Waals surface area (Å²) in [4.78, 5) is 41.6. The Labute approximate surface area is 271 Å². The highest BCUT2D eigenvalue weighted by atomic mass is 35.5. The van der Waals surface area contributed by atoms with Crippen LogP contribution in [0.15, 0.2) is 42.5 Å². The lowest BCUT2D eigenvalue weighted by molar-refractivity contribution is -0.130. The number of halogens is 1. The fourth-order valence-corrected chi connectivity index (χ4v) is 8.12. The number of benzene rings is 2. The maximum Gasteiger partial charge on any atom is 0.408 e. The van der Waals surface area contributed by atoms with Gasteiger partial charge in [0.1, 0.15) is 6.04 Å². The van der Waals surface area contributed by atoms with Crippen LogP contribution in [0.5, 0.6) is 0 Å². The topological polar surface area (TPSA) is 119 Å². The second-order valence-electron chi connectivity index (χ2n) is 13.9. The monoisotopic (exact) mass is 637 g/mol. The number of carbonyl (C=O) groups is 3. The van der Waals surface area contributed by atoms with E-state index in [4.69, 9.17) is 11.6 Å². The zero-order valence-electron chi connectivity index (χ0n) is 26.6. The van der Waals surface area contributed by atoms with Crippen LogP contribution >= 0.6 is 11.6 Å². The summed E-state index contributed by atoms with van der Waals surface area (Å²) in [5, 5.41) is 27.7. The van der Waals surface area contributed by atoms with Gasteiger partial charge >= 0.3 is 6.09 Å². The predicted molar refractivity (Wildman–Crippen MR) is 175 cm³/mol. The van der Waals surface area contributed by atoms with E-state index in [0.717, 1.165) is 62.5 Å². The first kappa shape index (κ1) is 33.3. The molecule has 9 heteroatoms. The van der Waals surface area contributed by atoms with Gasteiger partial charge in [0.15, 0.2) is 0 Å². The van der Waals surface area contributed by atoms with Gasteiger partial charge in [-0.05, 0) is 78.8 Å². The van der Waals surface area contributed by atoms with E-state index in [0.29, 0.717) is 30.8 Å². The third-order valence-electron chi connectivity index (χ3n) is 10.4. The molecule has 2 fully saturated rings. The minimum Gasteiger partial charge on any atom is -0.465 e. The number of carboxylic acid groups (broad SMARTS) is 1. The number of fused-ring (bicyclic) bond motifs is 1. The Kier molecular flexibility index (Phi) is 10.8. The molecule has 8 nitrogen and oxygen atoms in total. The second-order valence-corrected chi connectivity index (χ2v) is 14.3. The fraction of sp³-hybridized carbons (Fsp3) is 0.583. The average molecular weight is 638 g/mol. The van der Waals surface area contributed by atoms with Gasteiger partial charge in [-0.1, -0.05) is 87.9 Å². The summed E-state index contributed by atoms with van der Waals surface area (Å²) in [5.74, 6) is -0.586. The molecule has 4 atom stereocenters. The van der Waals surface area contributed by atoms with Crippen molar-refractivity contribution in [3.63, 3.8) is 0 Å². The van der Waals surface area contributed by atoms with Crippen LogP contribution in [-0.4, -0.2) is 58.3 Å². The fourth-order valence-electron chi connectivity index (χ4n) is 7.93. The summed E-state index contributed by atoms with van der Waals surface area (Å²) in [6, 6.07) is 11.5. The number of aliphatic hydroxyl groups excluding tert-OH is 1. The van der Waals surface area contributed by atoms with Crippen LogP contribution in [0.2, 0.25) is 5.02 Å². The molecule has 0 bridgehead atoms. The van der Waals surface area contributed by atoms with Gasteiger partial charge < -0.3 is 20.8 Å². The third-order valence-corrected chi connectivity index (χ3v) is 10.6. The van der Waals surface area contributed by atoms with Gasteiger partial charge in [-0.25, -0.2) is 4.79 Å². The molecule has 3 amide bonds. The number of nitrogens with one attached hydrogen (secondary N) is 2. The van der Waals surface area contributed by atoms with E-state index in [1.54, 1.807) is 6.07 Å². The number of rotatable bonds is 12. The molecule has 1 heterocycles. The Morgan fingerprint density at radius 2 is 1.78 bits per heavy atom. The molecule has 1 unspecified atom stereocenters. The number of amides is 3. The van der Waals surface area contributed by atoms with Gasteiger partial charge in [-0.3, -0.25) is 14.5 Å². The van der Waals surface area contributed by atoms with Crippen LogP contribution in [0.4, 0.5) is 4.79 Å². The molecular weight excluding hydrogens is 590 g/mol. The highest BCUT2D eigenvalue weighted by molar-refractivity contribution is 6.30. The molecule has 244 valence electrons. The van der Waals surface area contributed by atoms with Crippen LogP contribution in [-0.2, 0) is 27.8 Å². The van der Waals surface area contributed by atoms with Crippen molar-refractivity contribution in [3.05, 3.63) is 69.7 Å².